The number of hydrogen-bond donors (Lipinski definition) is 0. The third-order valence-corrected chi connectivity index (χ3v) is 12.0. The standard InChI is InChI=1S/C57H36N4/c1-5-17-37(18-6-1)41-31-33-45-46-34-32-42(38-19-7-2-8-20-38)36-52(46)61(51(45)35-41)50-30-16-28-48-44-26-14-13-25-43(44)47-27-15-29-49(53(47)54(48)50)57-59-55(39-21-9-3-10-22-39)58-56(60-57)40-23-11-4-12-24-40/h1-36H. The van der Waals surface area contributed by atoms with E-state index in [2.05, 4.69) is 187 Å². The first kappa shape index (κ1) is 34.8. The second-order valence-corrected chi connectivity index (χ2v) is 15.5. The number of fused-ring (bicyclic) bond motifs is 9. The van der Waals surface area contributed by atoms with Crippen LogP contribution in [0.3, 0.4) is 0 Å². The maximum atomic E-state index is 5.29. The summed E-state index contributed by atoms with van der Waals surface area (Å²) in [6.45, 7) is 0. The van der Waals surface area contributed by atoms with Gasteiger partial charge in [-0.05, 0) is 62.0 Å². The van der Waals surface area contributed by atoms with Crippen molar-refractivity contribution in [3.05, 3.63) is 218 Å². The van der Waals surface area contributed by atoms with Gasteiger partial charge in [-0.3, -0.25) is 0 Å². The maximum Gasteiger partial charge on any atom is 0.164 e. The van der Waals surface area contributed by atoms with Gasteiger partial charge in [0.15, 0.2) is 17.5 Å². The molecule has 284 valence electrons. The van der Waals surface area contributed by atoms with Crippen molar-refractivity contribution < 1.29 is 0 Å². The molecule has 0 aliphatic rings. The van der Waals surface area contributed by atoms with Crippen LogP contribution in [0.4, 0.5) is 0 Å². The minimum Gasteiger partial charge on any atom is -0.309 e. The predicted octanol–water partition coefficient (Wildman–Crippen LogP) is 14.8. The Labute approximate surface area is 352 Å². The summed E-state index contributed by atoms with van der Waals surface area (Å²) in [5.41, 5.74) is 10.9. The summed E-state index contributed by atoms with van der Waals surface area (Å²) in [5, 5.41) is 9.35. The Hall–Kier alpha value is -8.21. The third kappa shape index (κ3) is 5.80. The molecule has 0 saturated carbocycles. The second kappa shape index (κ2) is 14.3. The van der Waals surface area contributed by atoms with Crippen LogP contribution in [0.2, 0.25) is 0 Å². The lowest BCUT2D eigenvalue weighted by Gasteiger charge is -2.19. The number of hydrogen-bond acceptors (Lipinski definition) is 3. The molecule has 0 aliphatic heterocycles. The average molecular weight is 777 g/mol. The van der Waals surface area contributed by atoms with Gasteiger partial charge >= 0.3 is 0 Å². The van der Waals surface area contributed by atoms with Crippen molar-refractivity contribution >= 4 is 54.1 Å². The fraction of sp³-hybridized carbons (Fsp3) is 0. The Kier molecular flexibility index (Phi) is 8.13. The zero-order valence-electron chi connectivity index (χ0n) is 33.1. The second-order valence-electron chi connectivity index (χ2n) is 15.5. The van der Waals surface area contributed by atoms with E-state index in [1.807, 2.05) is 36.4 Å². The first-order valence-electron chi connectivity index (χ1n) is 20.7. The molecule has 10 aromatic carbocycles. The van der Waals surface area contributed by atoms with Crippen LogP contribution in [-0.4, -0.2) is 19.5 Å². The zero-order chi connectivity index (χ0) is 40.3. The molecular weight excluding hydrogens is 741 g/mol. The number of aromatic nitrogens is 4. The van der Waals surface area contributed by atoms with Gasteiger partial charge in [0.25, 0.3) is 0 Å². The van der Waals surface area contributed by atoms with Crippen LogP contribution >= 0.6 is 0 Å². The topological polar surface area (TPSA) is 43.6 Å². The van der Waals surface area contributed by atoms with Gasteiger partial charge in [-0.25, -0.2) is 15.0 Å². The van der Waals surface area contributed by atoms with Crippen molar-refractivity contribution in [1.82, 2.24) is 19.5 Å². The Balaban J connectivity index is 1.23. The summed E-state index contributed by atoms with van der Waals surface area (Å²) in [7, 11) is 0. The lowest BCUT2D eigenvalue weighted by Crippen LogP contribution is -2.02. The smallest absolute Gasteiger partial charge is 0.164 e. The van der Waals surface area contributed by atoms with Crippen molar-refractivity contribution in [2.24, 2.45) is 0 Å². The molecular formula is C57H36N4. The van der Waals surface area contributed by atoms with Crippen LogP contribution in [0.25, 0.3) is 116 Å². The Morgan fingerprint density at radius 1 is 0.262 bits per heavy atom. The van der Waals surface area contributed by atoms with E-state index in [0.29, 0.717) is 17.5 Å². The van der Waals surface area contributed by atoms with Crippen molar-refractivity contribution in [1.29, 1.82) is 0 Å². The molecule has 0 N–H and O–H groups in total. The highest BCUT2D eigenvalue weighted by atomic mass is 15.0. The van der Waals surface area contributed by atoms with E-state index in [4.69, 9.17) is 15.0 Å². The molecule has 0 bridgehead atoms. The van der Waals surface area contributed by atoms with Crippen molar-refractivity contribution in [2.75, 3.05) is 0 Å². The first-order valence-corrected chi connectivity index (χ1v) is 20.7. The fourth-order valence-corrected chi connectivity index (χ4v) is 9.23. The van der Waals surface area contributed by atoms with Gasteiger partial charge in [0.2, 0.25) is 0 Å². The molecule has 2 aromatic heterocycles. The summed E-state index contributed by atoms with van der Waals surface area (Å²) in [6, 6.07) is 77.7. The zero-order valence-corrected chi connectivity index (χ0v) is 33.1. The van der Waals surface area contributed by atoms with E-state index in [0.717, 1.165) is 49.6 Å². The molecule has 0 amide bonds. The molecule has 61 heavy (non-hydrogen) atoms. The number of benzene rings is 10. The Morgan fingerprint density at radius 2 is 0.672 bits per heavy atom. The van der Waals surface area contributed by atoms with Crippen LogP contribution < -0.4 is 0 Å². The van der Waals surface area contributed by atoms with Gasteiger partial charge in [0.05, 0.1) is 16.7 Å². The van der Waals surface area contributed by atoms with Crippen LogP contribution in [0.1, 0.15) is 0 Å². The van der Waals surface area contributed by atoms with E-state index in [-0.39, 0.29) is 0 Å². The predicted molar refractivity (Wildman–Crippen MR) is 254 cm³/mol. The minimum absolute atomic E-state index is 0.629. The number of rotatable bonds is 6. The summed E-state index contributed by atoms with van der Waals surface area (Å²) < 4.78 is 2.50. The minimum atomic E-state index is 0.629. The summed E-state index contributed by atoms with van der Waals surface area (Å²) in [6.07, 6.45) is 0. The fourth-order valence-electron chi connectivity index (χ4n) is 9.23. The largest absolute Gasteiger partial charge is 0.309 e. The highest BCUT2D eigenvalue weighted by Gasteiger charge is 2.22. The van der Waals surface area contributed by atoms with Crippen molar-refractivity contribution in [2.45, 2.75) is 0 Å². The highest BCUT2D eigenvalue weighted by molar-refractivity contribution is 6.30. The summed E-state index contributed by atoms with van der Waals surface area (Å²) in [4.78, 5) is 15.6. The number of nitrogens with zero attached hydrogens (tertiary/aromatic N) is 4. The quantitative estimate of drug-likeness (QED) is 0.158. The average Bonchev–Trinajstić information content (AvgIpc) is 3.67. The van der Waals surface area contributed by atoms with Crippen molar-refractivity contribution in [3.8, 4) is 62.1 Å². The van der Waals surface area contributed by atoms with Gasteiger partial charge < -0.3 is 4.57 Å². The van der Waals surface area contributed by atoms with Gasteiger partial charge in [-0.2, -0.15) is 0 Å². The van der Waals surface area contributed by atoms with Crippen LogP contribution in [-0.2, 0) is 0 Å². The Morgan fingerprint density at radius 3 is 1.18 bits per heavy atom. The Bertz CT molecular complexity index is 3460. The van der Waals surface area contributed by atoms with Gasteiger partial charge in [-0.15, -0.1) is 0 Å². The molecule has 0 radical (unpaired) electrons. The summed E-state index contributed by atoms with van der Waals surface area (Å²) in [5.74, 6) is 1.90. The SMILES string of the molecule is c1ccc(-c2ccc3c4ccc(-c5ccccc5)cc4n(-c4cccc5c6ccccc6c6cccc(-c7nc(-c8ccccc8)nc(-c8ccccc8)n7)c6c45)c3c2)cc1. The molecule has 0 spiro atoms. The normalized spacial score (nSPS) is 11.6. The molecule has 0 saturated heterocycles. The molecule has 0 fully saturated rings. The molecule has 12 aromatic rings. The molecule has 12 rings (SSSR count). The van der Waals surface area contributed by atoms with Crippen LogP contribution in [0.5, 0.6) is 0 Å². The lowest BCUT2D eigenvalue weighted by molar-refractivity contribution is 1.08. The molecule has 4 heteroatoms. The van der Waals surface area contributed by atoms with E-state index in [1.165, 1.54) is 49.2 Å². The molecule has 4 nitrogen and oxygen atoms in total. The van der Waals surface area contributed by atoms with E-state index in [9.17, 15) is 0 Å². The lowest BCUT2D eigenvalue weighted by atomic mass is 9.90. The summed E-state index contributed by atoms with van der Waals surface area (Å²) >= 11 is 0. The van der Waals surface area contributed by atoms with Gasteiger partial charge in [0, 0.05) is 38.2 Å². The van der Waals surface area contributed by atoms with Crippen LogP contribution in [0, 0.1) is 0 Å². The molecule has 0 atom stereocenters. The van der Waals surface area contributed by atoms with Gasteiger partial charge in [-0.1, -0.05) is 200 Å². The monoisotopic (exact) mass is 776 g/mol. The van der Waals surface area contributed by atoms with Crippen molar-refractivity contribution in [3.63, 3.8) is 0 Å². The molecule has 0 unspecified atom stereocenters. The van der Waals surface area contributed by atoms with E-state index < -0.39 is 0 Å². The van der Waals surface area contributed by atoms with E-state index in [1.54, 1.807) is 0 Å². The van der Waals surface area contributed by atoms with Gasteiger partial charge in [0.1, 0.15) is 0 Å². The maximum absolute atomic E-state index is 5.29. The highest BCUT2D eigenvalue weighted by Crippen LogP contribution is 2.45. The third-order valence-electron chi connectivity index (χ3n) is 12.0. The van der Waals surface area contributed by atoms with Crippen LogP contribution in [0.15, 0.2) is 218 Å². The molecule has 2 heterocycles. The first-order chi connectivity index (χ1) is 30.3. The molecule has 0 aliphatic carbocycles. The van der Waals surface area contributed by atoms with E-state index >= 15 is 0 Å².